The third kappa shape index (κ3) is 3.93. The summed E-state index contributed by atoms with van der Waals surface area (Å²) in [5, 5.41) is 3.99. The number of hydrogen-bond acceptors (Lipinski definition) is 7. The number of aryl methyl sites for hydroxylation is 1. The first-order valence-electron chi connectivity index (χ1n) is 10.4. The number of para-hydroxylation sites is 1. The molecular formula is C22H21N7O. The van der Waals surface area contributed by atoms with Gasteiger partial charge in [0.25, 0.3) is 0 Å². The summed E-state index contributed by atoms with van der Waals surface area (Å²) >= 11 is 0. The second kappa shape index (κ2) is 8.20. The fourth-order valence-electron chi connectivity index (χ4n) is 3.21. The number of pyridine rings is 1. The quantitative estimate of drug-likeness (QED) is 0.509. The van der Waals surface area contributed by atoms with Gasteiger partial charge in [0.2, 0.25) is 5.91 Å². The minimum absolute atomic E-state index is 0.0360. The van der Waals surface area contributed by atoms with E-state index in [2.05, 4.69) is 30.2 Å². The summed E-state index contributed by atoms with van der Waals surface area (Å²) in [5.74, 6) is 0.464. The SMILES string of the molecule is [2H]c1nc(C)nc([2H])c1-c1cc(NC[C@@H](C)c2cccc3c(C(N)=O)ccnc23)ncn1. The second-order valence-electron chi connectivity index (χ2n) is 6.91. The number of benzene rings is 1. The Morgan fingerprint density at radius 2 is 1.97 bits per heavy atom. The molecule has 0 aliphatic rings. The highest BCUT2D eigenvalue weighted by Crippen LogP contribution is 2.26. The first kappa shape index (κ1) is 17.0. The van der Waals surface area contributed by atoms with Crippen LogP contribution in [0.2, 0.25) is 0 Å². The lowest BCUT2D eigenvalue weighted by Crippen LogP contribution is -2.14. The van der Waals surface area contributed by atoms with Crippen molar-refractivity contribution in [3.63, 3.8) is 0 Å². The van der Waals surface area contributed by atoms with E-state index >= 15 is 0 Å². The molecule has 4 rings (SSSR count). The van der Waals surface area contributed by atoms with Gasteiger partial charge in [-0.1, -0.05) is 25.1 Å². The number of nitrogens with two attached hydrogens (primary N) is 1. The van der Waals surface area contributed by atoms with Crippen LogP contribution in [0.5, 0.6) is 0 Å². The van der Waals surface area contributed by atoms with Gasteiger partial charge in [0.15, 0.2) is 0 Å². The minimum Gasteiger partial charge on any atom is -0.369 e. The Morgan fingerprint density at radius 3 is 2.73 bits per heavy atom. The zero-order valence-corrected chi connectivity index (χ0v) is 16.5. The molecule has 3 N–H and O–H groups in total. The number of rotatable bonds is 6. The molecule has 0 aliphatic carbocycles. The van der Waals surface area contributed by atoms with E-state index in [1.54, 1.807) is 25.3 Å². The number of anilines is 1. The number of nitrogens with one attached hydrogen (secondary N) is 1. The van der Waals surface area contributed by atoms with Crippen LogP contribution in [-0.2, 0) is 0 Å². The zero-order chi connectivity index (χ0) is 22.8. The molecule has 1 aromatic carbocycles. The van der Waals surface area contributed by atoms with Crippen molar-refractivity contribution in [2.75, 3.05) is 11.9 Å². The molecule has 0 unspecified atom stereocenters. The van der Waals surface area contributed by atoms with Gasteiger partial charge in [0, 0.05) is 48.0 Å². The summed E-state index contributed by atoms with van der Waals surface area (Å²) in [7, 11) is 0. The van der Waals surface area contributed by atoms with Gasteiger partial charge in [0.1, 0.15) is 18.0 Å². The standard InChI is InChI=1S/C22H21N7O/c1-13(16-4-3-5-17-18(22(23)30)6-7-24-21(16)17)9-27-20-8-19(28-12-29-20)15-10-25-14(2)26-11-15/h3-8,10-13H,9H2,1-2H3,(H2,23,30)(H,27,28,29)/t13-/m1/s1/i10D,11D. The molecule has 150 valence electrons. The smallest absolute Gasteiger partial charge is 0.249 e. The lowest BCUT2D eigenvalue weighted by atomic mass is 9.96. The van der Waals surface area contributed by atoms with Crippen LogP contribution >= 0.6 is 0 Å². The molecule has 0 aliphatic heterocycles. The fraction of sp³-hybridized carbons (Fsp3) is 0.182. The van der Waals surface area contributed by atoms with Crippen molar-refractivity contribution >= 4 is 22.6 Å². The minimum atomic E-state index is -0.489. The number of carbonyl (C=O) groups excluding carboxylic acids is 1. The summed E-state index contributed by atoms with van der Waals surface area (Å²) in [5.41, 5.74) is 8.31. The highest BCUT2D eigenvalue weighted by atomic mass is 16.1. The lowest BCUT2D eigenvalue weighted by molar-refractivity contribution is 0.100. The number of fused-ring (bicyclic) bond motifs is 1. The van der Waals surface area contributed by atoms with Crippen molar-refractivity contribution in [1.82, 2.24) is 24.9 Å². The predicted octanol–water partition coefficient (Wildman–Crippen LogP) is 3.10. The molecule has 8 heteroatoms. The van der Waals surface area contributed by atoms with E-state index in [-0.39, 0.29) is 23.8 Å². The molecule has 0 spiro atoms. The summed E-state index contributed by atoms with van der Waals surface area (Å²) in [6, 6.07) is 8.98. The van der Waals surface area contributed by atoms with Crippen molar-refractivity contribution < 1.29 is 7.54 Å². The molecular weight excluding hydrogens is 378 g/mol. The average Bonchev–Trinajstić information content (AvgIpc) is 2.76. The Kier molecular flexibility index (Phi) is 4.64. The van der Waals surface area contributed by atoms with Crippen molar-refractivity contribution in [3.05, 3.63) is 72.2 Å². The van der Waals surface area contributed by atoms with E-state index in [0.29, 0.717) is 29.4 Å². The van der Waals surface area contributed by atoms with Crippen LogP contribution in [0.1, 0.15) is 37.3 Å². The van der Waals surface area contributed by atoms with E-state index in [0.717, 1.165) is 16.5 Å². The van der Waals surface area contributed by atoms with E-state index in [9.17, 15) is 4.79 Å². The Balaban J connectivity index is 1.59. The van der Waals surface area contributed by atoms with Crippen LogP contribution < -0.4 is 11.1 Å². The summed E-state index contributed by atoms with van der Waals surface area (Å²) in [4.78, 5) is 32.7. The highest BCUT2D eigenvalue weighted by Gasteiger charge is 2.14. The molecule has 0 saturated carbocycles. The Bertz CT molecular complexity index is 1310. The molecule has 1 amide bonds. The van der Waals surface area contributed by atoms with E-state index in [1.807, 2.05) is 25.1 Å². The maximum atomic E-state index is 11.8. The largest absolute Gasteiger partial charge is 0.369 e. The van der Waals surface area contributed by atoms with Crippen molar-refractivity contribution in [1.29, 1.82) is 0 Å². The predicted molar refractivity (Wildman–Crippen MR) is 115 cm³/mol. The molecule has 3 heterocycles. The third-order valence-corrected chi connectivity index (χ3v) is 4.77. The van der Waals surface area contributed by atoms with Crippen LogP contribution in [0.15, 0.2) is 55.2 Å². The van der Waals surface area contributed by atoms with E-state index in [1.165, 1.54) is 6.33 Å². The normalized spacial score (nSPS) is 12.9. The highest BCUT2D eigenvalue weighted by molar-refractivity contribution is 6.05. The Hall–Kier alpha value is -3.94. The monoisotopic (exact) mass is 401 g/mol. The van der Waals surface area contributed by atoms with Crippen LogP contribution in [0.3, 0.4) is 0 Å². The van der Waals surface area contributed by atoms with Gasteiger partial charge < -0.3 is 11.1 Å². The number of carbonyl (C=O) groups is 1. The third-order valence-electron chi connectivity index (χ3n) is 4.77. The molecule has 1 atom stereocenters. The number of primary amides is 1. The number of aromatic nitrogens is 5. The van der Waals surface area contributed by atoms with Crippen LogP contribution in [-0.4, -0.2) is 37.4 Å². The molecule has 0 radical (unpaired) electrons. The maximum absolute atomic E-state index is 11.8. The van der Waals surface area contributed by atoms with Gasteiger partial charge in [-0.05, 0) is 18.6 Å². The first-order valence-corrected chi connectivity index (χ1v) is 9.40. The van der Waals surface area contributed by atoms with Gasteiger partial charge in [-0.2, -0.15) is 0 Å². The number of nitrogens with zero attached hydrogens (tertiary/aromatic N) is 5. The molecule has 30 heavy (non-hydrogen) atoms. The van der Waals surface area contributed by atoms with Gasteiger partial charge in [-0.3, -0.25) is 9.78 Å². The molecule has 0 fully saturated rings. The van der Waals surface area contributed by atoms with Gasteiger partial charge in [-0.15, -0.1) is 0 Å². The lowest BCUT2D eigenvalue weighted by Gasteiger charge is -2.16. The zero-order valence-electron chi connectivity index (χ0n) is 18.5. The van der Waals surface area contributed by atoms with Gasteiger partial charge >= 0.3 is 0 Å². The van der Waals surface area contributed by atoms with Crippen molar-refractivity contribution in [2.45, 2.75) is 19.8 Å². The van der Waals surface area contributed by atoms with Crippen molar-refractivity contribution in [2.24, 2.45) is 5.73 Å². The summed E-state index contributed by atoms with van der Waals surface area (Å²) < 4.78 is 16.2. The first-order chi connectivity index (χ1) is 15.3. The van der Waals surface area contributed by atoms with Gasteiger partial charge in [0.05, 0.1) is 19.5 Å². The molecule has 8 nitrogen and oxygen atoms in total. The second-order valence-corrected chi connectivity index (χ2v) is 6.91. The molecule has 0 bridgehead atoms. The Morgan fingerprint density at radius 1 is 1.17 bits per heavy atom. The van der Waals surface area contributed by atoms with Crippen molar-refractivity contribution in [3.8, 4) is 11.3 Å². The molecule has 0 saturated heterocycles. The van der Waals surface area contributed by atoms with E-state index < -0.39 is 5.91 Å². The number of hydrogen-bond donors (Lipinski definition) is 2. The topological polar surface area (TPSA) is 120 Å². The van der Waals surface area contributed by atoms with Gasteiger partial charge in [-0.25, -0.2) is 19.9 Å². The molecule has 4 aromatic rings. The Labute approximate surface area is 176 Å². The summed E-state index contributed by atoms with van der Waals surface area (Å²) in [6.07, 6.45) is 2.86. The van der Waals surface area contributed by atoms with Crippen LogP contribution in [0.25, 0.3) is 22.2 Å². The van der Waals surface area contributed by atoms with Crippen LogP contribution in [0.4, 0.5) is 5.82 Å². The van der Waals surface area contributed by atoms with E-state index in [4.69, 9.17) is 8.48 Å². The molecule has 3 aromatic heterocycles. The fourth-order valence-corrected chi connectivity index (χ4v) is 3.21. The van der Waals surface area contributed by atoms with Crippen LogP contribution in [0, 0.1) is 6.92 Å². The maximum Gasteiger partial charge on any atom is 0.249 e. The number of amides is 1. The average molecular weight is 401 g/mol. The summed E-state index contributed by atoms with van der Waals surface area (Å²) in [6.45, 7) is 4.22.